The van der Waals surface area contributed by atoms with Crippen molar-refractivity contribution in [1.29, 1.82) is 0 Å². The molecule has 43 heavy (non-hydrogen) atoms. The lowest BCUT2D eigenvalue weighted by Gasteiger charge is -2.44. The van der Waals surface area contributed by atoms with Gasteiger partial charge in [-0.3, -0.25) is 5.01 Å². The fourth-order valence-corrected chi connectivity index (χ4v) is 7.02. The topological polar surface area (TPSA) is 64.1 Å². The molecule has 4 aromatic heterocycles. The third-order valence-corrected chi connectivity index (χ3v) is 8.79. The molecule has 0 aliphatic carbocycles. The van der Waals surface area contributed by atoms with Crippen molar-refractivity contribution in [1.82, 2.24) is 15.0 Å². The van der Waals surface area contributed by atoms with Gasteiger partial charge in [0.05, 0.1) is 22.5 Å². The van der Waals surface area contributed by atoms with Crippen molar-refractivity contribution >= 4 is 34.2 Å². The van der Waals surface area contributed by atoms with Gasteiger partial charge in [-0.15, -0.1) is 11.3 Å². The Morgan fingerprint density at radius 1 is 0.721 bits per heavy atom. The fourth-order valence-electron chi connectivity index (χ4n) is 6.25. The van der Waals surface area contributed by atoms with Gasteiger partial charge in [0.25, 0.3) is 0 Å². The number of rotatable bonds is 7. The predicted octanol–water partition coefficient (Wildman–Crippen LogP) is 8.81. The zero-order valence-corrected chi connectivity index (χ0v) is 23.9. The number of furan rings is 1. The molecule has 1 aliphatic rings. The van der Waals surface area contributed by atoms with Crippen molar-refractivity contribution in [3.8, 4) is 11.1 Å². The molecule has 7 aromatic rings. The molecule has 0 saturated carbocycles. The third-order valence-electron chi connectivity index (χ3n) is 7.91. The molecule has 1 unspecified atom stereocenters. The van der Waals surface area contributed by atoms with E-state index in [4.69, 9.17) is 9.40 Å². The van der Waals surface area contributed by atoms with Crippen LogP contribution in [-0.4, -0.2) is 15.0 Å². The van der Waals surface area contributed by atoms with Crippen molar-refractivity contribution in [2.75, 3.05) is 10.0 Å². The van der Waals surface area contributed by atoms with Crippen molar-refractivity contribution in [3.05, 3.63) is 174 Å². The normalized spacial score (nSPS) is 16.7. The number of nitrogens with zero attached hydrogens (tertiary/aromatic N) is 3. The Hall–Kier alpha value is -5.53. The van der Waals surface area contributed by atoms with Crippen LogP contribution in [0.25, 0.3) is 22.4 Å². The fraction of sp³-hybridized carbons (Fsp3) is 0.0278. The van der Waals surface area contributed by atoms with E-state index in [1.165, 1.54) is 0 Å². The Kier molecular flexibility index (Phi) is 6.09. The molecule has 5 heterocycles. The molecule has 208 valence electrons. The molecule has 0 bridgehead atoms. The lowest BCUT2D eigenvalue weighted by molar-refractivity contribution is 0.529. The van der Waals surface area contributed by atoms with Crippen LogP contribution in [-0.2, 0) is 5.54 Å². The van der Waals surface area contributed by atoms with Gasteiger partial charge in [-0.1, -0.05) is 84.9 Å². The van der Waals surface area contributed by atoms with E-state index >= 15 is 0 Å². The van der Waals surface area contributed by atoms with Crippen molar-refractivity contribution in [2.45, 2.75) is 5.54 Å². The highest BCUT2D eigenvalue weighted by Gasteiger charge is 2.58. The standard InChI is InChI=1S/C36H27N5OS/c1-3-12-26(13-4-1)28-16-7-8-18-30(28)41-36(35-38-22-23-39-35,27-14-5-2-6-15-27)33(29-17-9-21-37-29)34(31-19-11-25-43-31)40(41)32-20-10-24-42-32/h1-25,37H,(H,38,39). The van der Waals surface area contributed by atoms with Gasteiger partial charge < -0.3 is 14.4 Å². The number of nitrogens with one attached hydrogen (secondary N) is 2. The molecule has 0 fully saturated rings. The minimum Gasteiger partial charge on any atom is -0.447 e. The van der Waals surface area contributed by atoms with Crippen LogP contribution in [0.1, 0.15) is 22.0 Å². The molecule has 0 saturated heterocycles. The van der Waals surface area contributed by atoms with E-state index in [-0.39, 0.29) is 0 Å². The van der Waals surface area contributed by atoms with E-state index < -0.39 is 5.54 Å². The first-order valence-corrected chi connectivity index (χ1v) is 15.0. The number of para-hydroxylation sites is 1. The van der Waals surface area contributed by atoms with Crippen LogP contribution in [0.15, 0.2) is 156 Å². The minimum atomic E-state index is -0.938. The number of imidazole rings is 1. The van der Waals surface area contributed by atoms with E-state index in [2.05, 4.69) is 122 Å². The number of benzene rings is 3. The molecular weight excluding hydrogens is 550 g/mol. The summed E-state index contributed by atoms with van der Waals surface area (Å²) in [5.41, 5.74) is 6.37. The molecule has 0 amide bonds. The summed E-state index contributed by atoms with van der Waals surface area (Å²) in [6, 6.07) is 42.1. The first-order valence-electron chi connectivity index (χ1n) is 14.1. The lowest BCUT2D eigenvalue weighted by atomic mass is 9.78. The SMILES string of the molecule is c1ccc(-c2ccccc2N2N(c3ccco3)C(c3cccs3)=C(c3ccc[nH]3)C2(c2ccccc2)c2ncc[nH]2)cc1. The van der Waals surface area contributed by atoms with Gasteiger partial charge in [0.2, 0.25) is 5.88 Å². The van der Waals surface area contributed by atoms with Gasteiger partial charge in [0.15, 0.2) is 5.54 Å². The summed E-state index contributed by atoms with van der Waals surface area (Å²) in [6.45, 7) is 0. The molecule has 0 spiro atoms. The van der Waals surface area contributed by atoms with E-state index in [9.17, 15) is 0 Å². The summed E-state index contributed by atoms with van der Waals surface area (Å²) in [7, 11) is 0. The molecule has 3 aromatic carbocycles. The quantitative estimate of drug-likeness (QED) is 0.199. The highest BCUT2D eigenvalue weighted by Crippen LogP contribution is 2.59. The van der Waals surface area contributed by atoms with Crippen molar-refractivity contribution in [2.24, 2.45) is 0 Å². The molecule has 1 atom stereocenters. The van der Waals surface area contributed by atoms with Crippen LogP contribution in [0.4, 0.5) is 11.6 Å². The summed E-state index contributed by atoms with van der Waals surface area (Å²) in [5, 5.41) is 6.69. The van der Waals surface area contributed by atoms with Crippen LogP contribution in [0.3, 0.4) is 0 Å². The average Bonchev–Trinajstić information content (AvgIpc) is 3.91. The van der Waals surface area contributed by atoms with Gasteiger partial charge in [0, 0.05) is 41.5 Å². The number of hydrogen-bond acceptors (Lipinski definition) is 5. The zero-order chi connectivity index (χ0) is 28.6. The predicted molar refractivity (Wildman–Crippen MR) is 173 cm³/mol. The number of aromatic amines is 2. The van der Waals surface area contributed by atoms with Gasteiger partial charge in [-0.25, -0.2) is 9.99 Å². The van der Waals surface area contributed by atoms with E-state index in [1.807, 2.05) is 42.9 Å². The van der Waals surface area contributed by atoms with Crippen LogP contribution >= 0.6 is 11.3 Å². The second-order valence-corrected chi connectivity index (χ2v) is 11.2. The van der Waals surface area contributed by atoms with Crippen LogP contribution < -0.4 is 10.0 Å². The Bertz CT molecular complexity index is 1960. The maximum absolute atomic E-state index is 6.27. The number of H-pyrrole nitrogens is 2. The van der Waals surface area contributed by atoms with Gasteiger partial charge in [-0.05, 0) is 46.8 Å². The van der Waals surface area contributed by atoms with Crippen LogP contribution in [0, 0.1) is 0 Å². The number of hydrogen-bond donors (Lipinski definition) is 2. The largest absolute Gasteiger partial charge is 0.447 e. The maximum Gasteiger partial charge on any atom is 0.218 e. The second-order valence-electron chi connectivity index (χ2n) is 10.3. The molecule has 8 rings (SSSR count). The first-order chi connectivity index (χ1) is 21.4. The smallest absolute Gasteiger partial charge is 0.218 e. The Morgan fingerprint density at radius 3 is 2.23 bits per heavy atom. The molecule has 1 aliphatic heterocycles. The summed E-state index contributed by atoms with van der Waals surface area (Å²) in [6.07, 6.45) is 7.43. The Morgan fingerprint density at radius 2 is 1.53 bits per heavy atom. The van der Waals surface area contributed by atoms with Gasteiger partial charge in [-0.2, -0.15) is 0 Å². The third kappa shape index (κ3) is 3.90. The molecular formula is C36H27N5OS. The summed E-state index contributed by atoms with van der Waals surface area (Å²) < 4.78 is 6.27. The number of anilines is 2. The monoisotopic (exact) mass is 577 g/mol. The van der Waals surface area contributed by atoms with Crippen molar-refractivity contribution in [3.63, 3.8) is 0 Å². The maximum atomic E-state index is 6.27. The Labute approximate surface area is 253 Å². The second kappa shape index (κ2) is 10.4. The van der Waals surface area contributed by atoms with E-state index in [0.717, 1.165) is 50.0 Å². The number of thiophene rings is 1. The van der Waals surface area contributed by atoms with E-state index in [1.54, 1.807) is 17.6 Å². The highest BCUT2D eigenvalue weighted by atomic mass is 32.1. The van der Waals surface area contributed by atoms with Crippen molar-refractivity contribution < 1.29 is 4.42 Å². The summed E-state index contributed by atoms with van der Waals surface area (Å²) >= 11 is 1.70. The molecule has 7 heteroatoms. The molecule has 6 nitrogen and oxygen atoms in total. The molecule has 2 N–H and O–H groups in total. The molecule has 0 radical (unpaired) electrons. The lowest BCUT2D eigenvalue weighted by Crippen LogP contribution is -2.52. The summed E-state index contributed by atoms with van der Waals surface area (Å²) in [5.74, 6) is 1.48. The number of aromatic nitrogens is 3. The number of hydrazine groups is 1. The van der Waals surface area contributed by atoms with Crippen LogP contribution in [0.2, 0.25) is 0 Å². The van der Waals surface area contributed by atoms with Crippen LogP contribution in [0.5, 0.6) is 0 Å². The average molecular weight is 578 g/mol. The zero-order valence-electron chi connectivity index (χ0n) is 23.1. The van der Waals surface area contributed by atoms with E-state index in [0.29, 0.717) is 5.88 Å². The van der Waals surface area contributed by atoms with Gasteiger partial charge in [0.1, 0.15) is 5.82 Å². The summed E-state index contributed by atoms with van der Waals surface area (Å²) in [4.78, 5) is 13.2. The first kappa shape index (κ1) is 25.2. The highest BCUT2D eigenvalue weighted by molar-refractivity contribution is 7.11. The minimum absolute atomic E-state index is 0.694. The van der Waals surface area contributed by atoms with Gasteiger partial charge >= 0.3 is 0 Å². The Balaban J connectivity index is 1.58.